The van der Waals surface area contributed by atoms with Gasteiger partial charge in [0.1, 0.15) is 16.4 Å². The van der Waals surface area contributed by atoms with Gasteiger partial charge in [-0.15, -0.1) is 3.96 Å². The van der Waals surface area contributed by atoms with Crippen LogP contribution in [0.15, 0.2) is 70.6 Å². The second-order valence-corrected chi connectivity index (χ2v) is 6.97. The predicted octanol–water partition coefficient (Wildman–Crippen LogP) is 3.82. The van der Waals surface area contributed by atoms with Crippen LogP contribution in [0.1, 0.15) is 0 Å². The van der Waals surface area contributed by atoms with Gasteiger partial charge in [-0.1, -0.05) is 54.1 Å². The molecule has 3 aromatic rings. The second kappa shape index (κ2) is 11.5. The van der Waals surface area contributed by atoms with Crippen molar-refractivity contribution in [2.24, 2.45) is 7.05 Å². The van der Waals surface area contributed by atoms with Gasteiger partial charge in [-0.3, -0.25) is 0 Å². The molecule has 0 spiro atoms. The molecule has 0 fully saturated rings. The molecular weight excluding hydrogens is 686 g/mol. The highest BCUT2D eigenvalue weighted by atomic mass is 128. The van der Waals surface area contributed by atoms with E-state index >= 15 is 0 Å². The third-order valence-electron chi connectivity index (χ3n) is 2.91. The van der Waals surface area contributed by atoms with Gasteiger partial charge in [0.05, 0.1) is 5.02 Å². The van der Waals surface area contributed by atoms with Gasteiger partial charge in [-0.2, -0.15) is 0 Å². The quantitative estimate of drug-likeness (QED) is 0.298. The molecule has 0 aliphatic heterocycles. The summed E-state index contributed by atoms with van der Waals surface area (Å²) in [6.45, 7) is 0. The molecule has 0 unspecified atom stereocenters. The van der Waals surface area contributed by atoms with Gasteiger partial charge in [-0.05, 0) is 29.5 Å². The predicted molar refractivity (Wildman–Crippen MR) is 115 cm³/mol. The third kappa shape index (κ3) is 6.28. The summed E-state index contributed by atoms with van der Waals surface area (Å²) >= 11 is 13.9. The molecule has 1 heterocycles. The number of hydrogen-bond acceptors (Lipinski definition) is 2. The summed E-state index contributed by atoms with van der Waals surface area (Å²) in [7, 11) is 2.08. The lowest BCUT2D eigenvalue weighted by Crippen LogP contribution is -3.00. The zero-order valence-corrected chi connectivity index (χ0v) is 20.9. The summed E-state index contributed by atoms with van der Waals surface area (Å²) in [6.07, 6.45) is 0. The Morgan fingerprint density at radius 2 is 1.61 bits per heavy atom. The Morgan fingerprint density at radius 1 is 1.00 bits per heavy atom. The molecule has 0 aliphatic carbocycles. The Balaban J connectivity index is 0.000000849. The molecule has 0 radical (unpaired) electrons. The van der Waals surface area contributed by atoms with E-state index in [1.807, 2.05) is 30.3 Å². The number of aryl methyl sites for hydroxylation is 1. The fourth-order valence-corrected chi connectivity index (χ4v) is 4.13. The fourth-order valence-electron chi connectivity index (χ4n) is 1.89. The molecule has 3 rings (SSSR count). The first-order valence-electron chi connectivity index (χ1n) is 6.36. The van der Waals surface area contributed by atoms with Crippen LogP contribution in [-0.2, 0) is 7.05 Å². The minimum absolute atomic E-state index is 0. The highest BCUT2D eigenvalue weighted by Gasteiger charge is 2.17. The van der Waals surface area contributed by atoms with E-state index in [1.165, 1.54) is 15.5 Å². The highest BCUT2D eigenvalue weighted by molar-refractivity contribution is 15.0. The monoisotopic (exact) mass is 699 g/mol. The normalized spacial score (nSPS) is 9.57. The first-order chi connectivity index (χ1) is 10.7. The molecule has 0 bridgehead atoms. The molecule has 1 nitrogen and oxygen atoms in total. The van der Waals surface area contributed by atoms with Crippen molar-refractivity contribution < 1.29 is 27.9 Å². The van der Waals surface area contributed by atoms with Gasteiger partial charge < -0.3 is 24.0 Å². The summed E-state index contributed by atoms with van der Waals surface area (Å²) in [5, 5.41) is 1.99. The Labute approximate surface area is 190 Å². The van der Waals surface area contributed by atoms with E-state index in [1.54, 1.807) is 23.3 Å². The van der Waals surface area contributed by atoms with Crippen LogP contribution < -0.4 is 27.9 Å². The maximum atomic E-state index is 6.22. The molecule has 2 aromatic carbocycles. The van der Waals surface area contributed by atoms with E-state index in [4.69, 9.17) is 11.6 Å². The summed E-state index contributed by atoms with van der Waals surface area (Å²) in [5.74, 6) is 0. The fraction of sp³-hybridized carbons (Fsp3) is 0.0625. The lowest BCUT2D eigenvalue weighted by molar-refractivity contribution is -0.640. The maximum absolute atomic E-state index is 6.22. The van der Waals surface area contributed by atoms with E-state index in [2.05, 4.69) is 78.6 Å². The van der Waals surface area contributed by atoms with Crippen molar-refractivity contribution >= 4 is 72.1 Å². The summed E-state index contributed by atoms with van der Waals surface area (Å²) in [4.78, 5) is 2.35. The van der Waals surface area contributed by atoms with Crippen molar-refractivity contribution in [3.8, 4) is 10.4 Å². The Bertz CT molecular complexity index is 735. The number of nitrogens with zero attached hydrogens (tertiary/aromatic N) is 1. The number of aromatic nitrogens is 1. The van der Waals surface area contributed by atoms with Crippen molar-refractivity contribution in [2.45, 2.75) is 9.92 Å². The highest BCUT2D eigenvalue weighted by Crippen LogP contribution is 2.34. The number of hydrogen-bond donors (Lipinski definition) is 0. The van der Waals surface area contributed by atoms with Gasteiger partial charge in [-0.25, -0.2) is 0 Å². The smallest absolute Gasteiger partial charge is 0.259 e. The molecule has 0 saturated carbocycles. The summed E-state index contributed by atoms with van der Waals surface area (Å²) in [5.41, 5.74) is 1.25. The van der Waals surface area contributed by atoms with E-state index in [-0.39, 0.29) is 24.0 Å². The van der Waals surface area contributed by atoms with Gasteiger partial charge in [0.2, 0.25) is 0 Å². The topological polar surface area (TPSA) is 3.88 Å². The zero-order valence-electron chi connectivity index (χ0n) is 12.0. The Morgan fingerprint density at radius 3 is 2.26 bits per heavy atom. The SMILES string of the molecule is C[n+]1sc(-c2ccccc2)cc1Sc1ccccc1Cl.II.[I-]. The number of halogens is 4. The average molecular weight is 700 g/mol. The van der Waals surface area contributed by atoms with Crippen LogP contribution in [0.3, 0.4) is 0 Å². The molecule has 0 atom stereocenters. The molecule has 7 heteroatoms. The Kier molecular flexibility index (Phi) is 11.0. The van der Waals surface area contributed by atoms with Crippen LogP contribution in [0, 0.1) is 0 Å². The van der Waals surface area contributed by atoms with E-state index in [9.17, 15) is 0 Å². The number of benzene rings is 2. The second-order valence-electron chi connectivity index (χ2n) is 4.33. The van der Waals surface area contributed by atoms with Gasteiger partial charge in [0.15, 0.2) is 7.05 Å². The third-order valence-corrected chi connectivity index (χ3v) is 5.66. The van der Waals surface area contributed by atoms with Crippen molar-refractivity contribution in [2.75, 3.05) is 0 Å². The first-order valence-corrected chi connectivity index (χ1v) is 14.6. The standard InChI is InChI=1S/C16H13ClNS2.I2.HI/c1-18-16(19-14-10-6-5-9-13(14)17)11-15(20-18)12-7-3-2-4-8-12;1-2;/h2-11H,1H3;;1H/q+1;;/p-1. The largest absolute Gasteiger partial charge is 1.00 e. The minimum Gasteiger partial charge on any atom is -1.00 e. The molecule has 1 aromatic heterocycles. The lowest BCUT2D eigenvalue weighted by Gasteiger charge is -1.98. The molecule has 0 N–H and O–H groups in total. The zero-order chi connectivity index (χ0) is 15.9. The number of rotatable bonds is 3. The average Bonchev–Trinajstić information content (AvgIpc) is 2.93. The van der Waals surface area contributed by atoms with Crippen LogP contribution in [-0.4, -0.2) is 0 Å². The maximum Gasteiger partial charge on any atom is 0.259 e. The van der Waals surface area contributed by atoms with Crippen LogP contribution in [0.5, 0.6) is 0 Å². The van der Waals surface area contributed by atoms with Gasteiger partial charge >= 0.3 is 0 Å². The first kappa shape index (κ1) is 21.9. The van der Waals surface area contributed by atoms with Crippen molar-refractivity contribution in [3.63, 3.8) is 0 Å². The van der Waals surface area contributed by atoms with Gasteiger partial charge in [0, 0.05) is 48.2 Å². The summed E-state index contributed by atoms with van der Waals surface area (Å²) in [6, 6.07) is 20.6. The van der Waals surface area contributed by atoms with Gasteiger partial charge in [0.25, 0.3) is 5.03 Å². The minimum atomic E-state index is 0. The molecule has 0 aliphatic rings. The molecular formula is C16H13ClI3NS2. The van der Waals surface area contributed by atoms with Crippen molar-refractivity contribution in [1.29, 1.82) is 0 Å². The molecule has 23 heavy (non-hydrogen) atoms. The molecule has 0 saturated heterocycles. The van der Waals surface area contributed by atoms with Crippen LogP contribution in [0.2, 0.25) is 5.02 Å². The van der Waals surface area contributed by atoms with E-state index in [0.717, 1.165) is 9.92 Å². The molecule has 122 valence electrons. The molecule has 0 amide bonds. The lowest BCUT2D eigenvalue weighted by atomic mass is 10.2. The van der Waals surface area contributed by atoms with Crippen LogP contribution in [0.25, 0.3) is 10.4 Å². The van der Waals surface area contributed by atoms with E-state index < -0.39 is 0 Å². The van der Waals surface area contributed by atoms with E-state index in [0.29, 0.717) is 0 Å². The van der Waals surface area contributed by atoms with Crippen molar-refractivity contribution in [3.05, 3.63) is 65.7 Å². The van der Waals surface area contributed by atoms with Crippen LogP contribution in [0.4, 0.5) is 0 Å². The van der Waals surface area contributed by atoms with Crippen molar-refractivity contribution in [1.82, 2.24) is 0 Å². The van der Waals surface area contributed by atoms with Crippen LogP contribution >= 0.6 is 72.1 Å². The summed E-state index contributed by atoms with van der Waals surface area (Å²) < 4.78 is 2.18. The Hall–Kier alpha value is 0.900.